The highest BCUT2D eigenvalue weighted by Gasteiger charge is 2.42. The van der Waals surface area contributed by atoms with Crippen LogP contribution in [0.3, 0.4) is 0 Å². The summed E-state index contributed by atoms with van der Waals surface area (Å²) in [5, 5.41) is 14.3. The van der Waals surface area contributed by atoms with E-state index in [0.717, 1.165) is 12.8 Å². The third-order valence-electron chi connectivity index (χ3n) is 7.32. The number of nitrogens with zero attached hydrogens (tertiary/aromatic N) is 4. The number of halogens is 3. The van der Waals surface area contributed by atoms with Gasteiger partial charge in [-0.3, -0.25) is 24.0 Å². The first-order chi connectivity index (χ1) is 16.4. The van der Waals surface area contributed by atoms with Gasteiger partial charge in [0.1, 0.15) is 5.15 Å². The summed E-state index contributed by atoms with van der Waals surface area (Å²) in [6.07, 6.45) is 8.21. The largest absolute Gasteiger partial charge is 0.481 e. The number of rotatable bonds is 8. The van der Waals surface area contributed by atoms with Crippen LogP contribution in [0.15, 0.2) is 18.6 Å². The van der Waals surface area contributed by atoms with Crippen LogP contribution in [-0.4, -0.2) is 55.5 Å². The molecule has 2 aromatic rings. The molecule has 1 amide bonds. The molecular formula is C24H27Cl3N4O4. The van der Waals surface area contributed by atoms with E-state index in [-0.39, 0.29) is 50.1 Å². The smallest absolute Gasteiger partial charge is 0.309 e. The molecule has 2 heterocycles. The second kappa shape index (κ2) is 9.71. The Morgan fingerprint density at radius 3 is 2.20 bits per heavy atom. The number of carbonyl (C=O) groups excluding carboxylic acids is 2. The maximum Gasteiger partial charge on any atom is 0.309 e. The highest BCUT2D eigenvalue weighted by atomic mass is 35.5. The fraction of sp³-hybridized carbons (Fsp3) is 0.542. The minimum absolute atomic E-state index is 0.0606. The molecule has 0 atom stereocenters. The Morgan fingerprint density at radius 2 is 1.66 bits per heavy atom. The summed E-state index contributed by atoms with van der Waals surface area (Å²) in [4.78, 5) is 43.6. The zero-order valence-electron chi connectivity index (χ0n) is 19.6. The SMILES string of the molecule is CC1(CN(CC(=O)c2c(Cl)cncc2Cl)C(=O)c2cnn(C3CCC(C)(C(=O)O)CC3)c2Cl)CC1. The second-order valence-electron chi connectivity index (χ2n) is 10.3. The van der Waals surface area contributed by atoms with Gasteiger partial charge in [-0.1, -0.05) is 41.7 Å². The van der Waals surface area contributed by atoms with Crippen molar-refractivity contribution in [1.29, 1.82) is 0 Å². The van der Waals surface area contributed by atoms with Crippen LogP contribution >= 0.6 is 34.8 Å². The van der Waals surface area contributed by atoms with Crippen LogP contribution in [0, 0.1) is 10.8 Å². The Bertz CT molecular complexity index is 1150. The van der Waals surface area contributed by atoms with Gasteiger partial charge in [0.05, 0.1) is 45.4 Å². The fourth-order valence-electron chi connectivity index (χ4n) is 4.58. The highest BCUT2D eigenvalue weighted by molar-refractivity contribution is 6.39. The first-order valence-electron chi connectivity index (χ1n) is 11.5. The van der Waals surface area contributed by atoms with E-state index < -0.39 is 17.3 Å². The lowest BCUT2D eigenvalue weighted by molar-refractivity contribution is -0.150. The molecular weight excluding hydrogens is 515 g/mol. The van der Waals surface area contributed by atoms with Crippen LogP contribution < -0.4 is 0 Å². The van der Waals surface area contributed by atoms with E-state index in [9.17, 15) is 19.5 Å². The number of carboxylic acid groups (broad SMARTS) is 1. The van der Waals surface area contributed by atoms with E-state index in [1.165, 1.54) is 23.5 Å². The van der Waals surface area contributed by atoms with Crippen LogP contribution in [0.1, 0.15) is 79.1 Å². The summed E-state index contributed by atoms with van der Waals surface area (Å²) in [6, 6.07) is -0.0954. The predicted octanol–water partition coefficient (Wildman–Crippen LogP) is 5.57. The monoisotopic (exact) mass is 540 g/mol. The van der Waals surface area contributed by atoms with Crippen molar-refractivity contribution in [3.05, 3.63) is 44.9 Å². The molecule has 0 unspecified atom stereocenters. The van der Waals surface area contributed by atoms with Crippen molar-refractivity contribution in [1.82, 2.24) is 19.7 Å². The van der Waals surface area contributed by atoms with Crippen molar-refractivity contribution < 1.29 is 19.5 Å². The summed E-state index contributed by atoms with van der Waals surface area (Å²) >= 11 is 18.9. The molecule has 0 bridgehead atoms. The Balaban J connectivity index is 1.55. The number of Topliss-reactive ketones (excluding diaryl/α,β-unsaturated/α-hetero) is 1. The van der Waals surface area contributed by atoms with E-state index >= 15 is 0 Å². The van der Waals surface area contributed by atoms with E-state index in [1.54, 1.807) is 11.6 Å². The standard InChI is InChI=1S/C24H27Cl3N4O4/c1-23(7-8-23)13-30(12-18(32)19-16(25)10-28-11-17(19)26)21(33)15-9-29-31(20(15)27)14-3-5-24(2,6-4-14)22(34)35/h9-11,14H,3-8,12-13H2,1-2H3,(H,34,35). The molecule has 0 saturated heterocycles. The topological polar surface area (TPSA) is 105 Å². The van der Waals surface area contributed by atoms with Crippen molar-refractivity contribution in [2.75, 3.05) is 13.1 Å². The number of carbonyl (C=O) groups is 3. The molecule has 0 spiro atoms. The summed E-state index contributed by atoms with van der Waals surface area (Å²) in [6.45, 7) is 4.00. The summed E-state index contributed by atoms with van der Waals surface area (Å²) in [5.74, 6) is -1.58. The third kappa shape index (κ3) is 5.34. The first-order valence-corrected chi connectivity index (χ1v) is 12.7. The number of pyridine rings is 1. The van der Waals surface area contributed by atoms with E-state index in [2.05, 4.69) is 17.0 Å². The van der Waals surface area contributed by atoms with Gasteiger partial charge in [-0.05, 0) is 50.9 Å². The molecule has 2 fully saturated rings. The van der Waals surface area contributed by atoms with Crippen LogP contribution in [-0.2, 0) is 4.79 Å². The molecule has 2 saturated carbocycles. The average molecular weight is 542 g/mol. The van der Waals surface area contributed by atoms with Gasteiger partial charge < -0.3 is 10.0 Å². The van der Waals surface area contributed by atoms with Crippen LogP contribution in [0.25, 0.3) is 0 Å². The number of hydrogen-bond acceptors (Lipinski definition) is 5. The fourth-order valence-corrected chi connectivity index (χ4v) is 5.46. The molecule has 2 aliphatic carbocycles. The summed E-state index contributed by atoms with van der Waals surface area (Å²) < 4.78 is 1.60. The van der Waals surface area contributed by atoms with Gasteiger partial charge >= 0.3 is 5.97 Å². The van der Waals surface area contributed by atoms with Crippen molar-refractivity contribution in [2.45, 2.75) is 58.4 Å². The molecule has 2 aromatic heterocycles. The van der Waals surface area contributed by atoms with Gasteiger partial charge in [-0.2, -0.15) is 5.10 Å². The van der Waals surface area contributed by atoms with Gasteiger partial charge in [0.2, 0.25) is 0 Å². The quantitative estimate of drug-likeness (QED) is 0.438. The number of aromatic nitrogens is 3. The maximum absolute atomic E-state index is 13.6. The normalized spacial score (nSPS) is 23.1. The Kier molecular flexibility index (Phi) is 7.19. The number of aliphatic carboxylic acids is 1. The molecule has 0 aromatic carbocycles. The van der Waals surface area contributed by atoms with Crippen molar-refractivity contribution in [3.8, 4) is 0 Å². The van der Waals surface area contributed by atoms with E-state index in [1.807, 2.05) is 0 Å². The number of hydrogen-bond donors (Lipinski definition) is 1. The van der Waals surface area contributed by atoms with E-state index in [0.29, 0.717) is 32.2 Å². The van der Waals surface area contributed by atoms with Crippen LogP contribution in [0.4, 0.5) is 0 Å². The van der Waals surface area contributed by atoms with Gasteiger partial charge in [0, 0.05) is 18.9 Å². The van der Waals surface area contributed by atoms with Gasteiger partial charge in [-0.25, -0.2) is 0 Å². The molecule has 1 N–H and O–H groups in total. The van der Waals surface area contributed by atoms with Gasteiger partial charge in [0.25, 0.3) is 5.91 Å². The molecule has 0 radical (unpaired) electrons. The van der Waals surface area contributed by atoms with Crippen molar-refractivity contribution in [2.24, 2.45) is 10.8 Å². The number of ketones is 1. The Hall–Kier alpha value is -2.16. The lowest BCUT2D eigenvalue weighted by Crippen LogP contribution is -2.39. The molecule has 35 heavy (non-hydrogen) atoms. The molecule has 11 heteroatoms. The summed E-state index contributed by atoms with van der Waals surface area (Å²) in [7, 11) is 0. The van der Waals surface area contributed by atoms with Crippen molar-refractivity contribution >= 4 is 52.5 Å². The lowest BCUT2D eigenvalue weighted by atomic mass is 9.74. The molecule has 2 aliphatic rings. The minimum atomic E-state index is -0.804. The predicted molar refractivity (Wildman–Crippen MR) is 132 cm³/mol. The Labute approximate surface area is 218 Å². The third-order valence-corrected chi connectivity index (χ3v) is 8.27. The van der Waals surface area contributed by atoms with Gasteiger partial charge in [-0.15, -0.1) is 0 Å². The number of carboxylic acids is 1. The summed E-state index contributed by atoms with van der Waals surface area (Å²) in [5.41, 5.74) is -0.481. The maximum atomic E-state index is 13.6. The average Bonchev–Trinajstić information content (AvgIpc) is 3.40. The zero-order valence-corrected chi connectivity index (χ0v) is 21.8. The molecule has 188 valence electrons. The highest BCUT2D eigenvalue weighted by Crippen LogP contribution is 2.46. The minimum Gasteiger partial charge on any atom is -0.481 e. The van der Waals surface area contributed by atoms with E-state index in [4.69, 9.17) is 34.8 Å². The van der Waals surface area contributed by atoms with Crippen LogP contribution in [0.5, 0.6) is 0 Å². The molecule has 0 aliphatic heterocycles. The Morgan fingerprint density at radius 1 is 1.06 bits per heavy atom. The molecule has 4 rings (SSSR count). The number of amides is 1. The zero-order chi connectivity index (χ0) is 25.5. The molecule has 8 nitrogen and oxygen atoms in total. The van der Waals surface area contributed by atoms with Gasteiger partial charge in [0.15, 0.2) is 5.78 Å². The van der Waals surface area contributed by atoms with Crippen molar-refractivity contribution in [3.63, 3.8) is 0 Å². The van der Waals surface area contributed by atoms with Crippen LogP contribution in [0.2, 0.25) is 15.2 Å². The second-order valence-corrected chi connectivity index (χ2v) is 11.4. The first kappa shape index (κ1) is 25.9. The lowest BCUT2D eigenvalue weighted by Gasteiger charge is -2.34.